The van der Waals surface area contributed by atoms with Gasteiger partial charge in [-0.25, -0.2) is 0 Å². The van der Waals surface area contributed by atoms with Crippen LogP contribution in [0.2, 0.25) is 0 Å². The Morgan fingerprint density at radius 3 is 2.14 bits per heavy atom. The van der Waals surface area contributed by atoms with Gasteiger partial charge >= 0.3 is 0 Å². The van der Waals surface area contributed by atoms with Gasteiger partial charge in [0.15, 0.2) is 0 Å². The Hall–Kier alpha value is -0.300. The van der Waals surface area contributed by atoms with Crippen LogP contribution in [-0.4, -0.2) is 13.1 Å². The Morgan fingerprint density at radius 1 is 1.21 bits per heavy atom. The molecule has 1 heterocycles. The van der Waals surface area contributed by atoms with Crippen molar-refractivity contribution in [3.8, 4) is 0 Å². The van der Waals surface area contributed by atoms with Crippen molar-refractivity contribution in [2.24, 2.45) is 11.3 Å². The van der Waals surface area contributed by atoms with Gasteiger partial charge in [0, 0.05) is 0 Å². The summed E-state index contributed by atoms with van der Waals surface area (Å²) < 4.78 is 0. The zero-order valence-corrected chi connectivity index (χ0v) is 10.2. The highest BCUT2D eigenvalue weighted by Crippen LogP contribution is 2.37. The Labute approximate surface area is 90.0 Å². The Bertz CT molecular complexity index is 134. The number of piperidine rings is 1. The van der Waals surface area contributed by atoms with Crippen molar-refractivity contribution >= 4 is 0 Å². The molecule has 0 radical (unpaired) electrons. The molecule has 0 amide bonds. The van der Waals surface area contributed by atoms with Crippen LogP contribution >= 0.6 is 0 Å². The van der Waals surface area contributed by atoms with Gasteiger partial charge < -0.3 is 5.32 Å². The normalized spacial score (nSPS) is 18.5. The molecular weight excluding hydrogens is 170 g/mol. The van der Waals surface area contributed by atoms with Crippen LogP contribution in [0, 0.1) is 11.3 Å². The highest BCUT2D eigenvalue weighted by Gasteiger charge is 2.29. The summed E-state index contributed by atoms with van der Waals surface area (Å²) in [5.74, 6) is 0.957. The fourth-order valence-corrected chi connectivity index (χ4v) is 2.45. The molecule has 1 nitrogen and oxygen atoms in total. The zero-order valence-electron chi connectivity index (χ0n) is 10.2. The first-order chi connectivity index (χ1) is 6.67. The summed E-state index contributed by atoms with van der Waals surface area (Å²) in [6.07, 6.45) is 5.48. The van der Waals surface area contributed by atoms with E-state index < -0.39 is 0 Å². The van der Waals surface area contributed by atoms with Crippen molar-refractivity contribution in [2.45, 2.75) is 46.5 Å². The van der Waals surface area contributed by atoms with E-state index in [9.17, 15) is 0 Å². The van der Waals surface area contributed by atoms with E-state index in [1.54, 1.807) is 0 Å². The lowest BCUT2D eigenvalue weighted by Crippen LogP contribution is -2.35. The standard InChI is InChI=1S/C11H23N.C2H4/c1-4-7-11(2,3)10-5-8-12-9-6-10;1-2/h10,12H,4-9H2,1-3H3;1-2H2. The van der Waals surface area contributed by atoms with Gasteiger partial charge in [-0.2, -0.15) is 0 Å². The molecule has 1 N–H and O–H groups in total. The summed E-state index contributed by atoms with van der Waals surface area (Å²) in [5.41, 5.74) is 0.580. The minimum absolute atomic E-state index is 0.580. The topological polar surface area (TPSA) is 12.0 Å². The molecule has 0 atom stereocenters. The smallest absolute Gasteiger partial charge is 0.00461 e. The lowest BCUT2D eigenvalue weighted by atomic mass is 9.71. The second-order valence-corrected chi connectivity index (χ2v) is 4.76. The fourth-order valence-electron chi connectivity index (χ4n) is 2.45. The molecule has 1 saturated heterocycles. The quantitative estimate of drug-likeness (QED) is 0.681. The van der Waals surface area contributed by atoms with Crippen LogP contribution in [0.25, 0.3) is 0 Å². The van der Waals surface area contributed by atoms with Gasteiger partial charge in [0.05, 0.1) is 0 Å². The van der Waals surface area contributed by atoms with E-state index in [-0.39, 0.29) is 0 Å². The van der Waals surface area contributed by atoms with Crippen molar-refractivity contribution in [1.82, 2.24) is 5.32 Å². The Balaban J connectivity index is 0.000000791. The molecule has 0 aromatic rings. The van der Waals surface area contributed by atoms with Gasteiger partial charge in [-0.15, -0.1) is 13.2 Å². The van der Waals surface area contributed by atoms with Gasteiger partial charge in [0.2, 0.25) is 0 Å². The van der Waals surface area contributed by atoms with Crippen LogP contribution in [0.1, 0.15) is 46.5 Å². The van der Waals surface area contributed by atoms with Gasteiger partial charge in [0.1, 0.15) is 0 Å². The van der Waals surface area contributed by atoms with Crippen LogP contribution in [-0.2, 0) is 0 Å². The van der Waals surface area contributed by atoms with Crippen LogP contribution in [0.3, 0.4) is 0 Å². The predicted octanol–water partition coefficient (Wildman–Crippen LogP) is 3.61. The molecule has 0 unspecified atom stereocenters. The lowest BCUT2D eigenvalue weighted by Gasteiger charge is -2.37. The summed E-state index contributed by atoms with van der Waals surface area (Å²) >= 11 is 0. The molecule has 0 aromatic carbocycles. The van der Waals surface area contributed by atoms with Gasteiger partial charge in [-0.1, -0.05) is 27.2 Å². The maximum absolute atomic E-state index is 3.43. The first kappa shape index (κ1) is 13.7. The summed E-state index contributed by atoms with van der Waals surface area (Å²) in [6.45, 7) is 15.6. The average Bonchev–Trinajstić information content (AvgIpc) is 2.22. The molecule has 1 aliphatic heterocycles. The second-order valence-electron chi connectivity index (χ2n) is 4.76. The highest BCUT2D eigenvalue weighted by molar-refractivity contribution is 4.81. The van der Waals surface area contributed by atoms with Gasteiger partial charge in [-0.05, 0) is 43.7 Å². The minimum Gasteiger partial charge on any atom is -0.317 e. The van der Waals surface area contributed by atoms with E-state index >= 15 is 0 Å². The van der Waals surface area contributed by atoms with Crippen LogP contribution < -0.4 is 5.32 Å². The molecule has 0 bridgehead atoms. The van der Waals surface area contributed by atoms with E-state index in [0.29, 0.717) is 5.41 Å². The molecule has 1 aliphatic rings. The van der Waals surface area contributed by atoms with Crippen molar-refractivity contribution in [2.75, 3.05) is 13.1 Å². The molecular formula is C13H27N. The van der Waals surface area contributed by atoms with Crippen molar-refractivity contribution in [3.05, 3.63) is 13.2 Å². The summed E-state index contributed by atoms with van der Waals surface area (Å²) in [4.78, 5) is 0. The second kappa shape index (κ2) is 7.05. The monoisotopic (exact) mass is 197 g/mol. The number of hydrogen-bond donors (Lipinski definition) is 1. The molecule has 1 rings (SSSR count). The van der Waals surface area contributed by atoms with Crippen LogP contribution in [0.15, 0.2) is 13.2 Å². The lowest BCUT2D eigenvalue weighted by molar-refractivity contribution is 0.152. The van der Waals surface area contributed by atoms with E-state index in [4.69, 9.17) is 0 Å². The molecule has 0 saturated carbocycles. The fraction of sp³-hybridized carbons (Fsp3) is 0.846. The average molecular weight is 197 g/mol. The third-order valence-electron chi connectivity index (χ3n) is 3.34. The van der Waals surface area contributed by atoms with Crippen LogP contribution in [0.5, 0.6) is 0 Å². The molecule has 0 spiro atoms. The third kappa shape index (κ3) is 4.28. The predicted molar refractivity (Wildman–Crippen MR) is 65.5 cm³/mol. The molecule has 0 aliphatic carbocycles. The molecule has 0 aromatic heterocycles. The highest BCUT2D eigenvalue weighted by atomic mass is 14.9. The maximum Gasteiger partial charge on any atom is -0.00461 e. The maximum atomic E-state index is 3.43. The molecule has 84 valence electrons. The first-order valence-electron chi connectivity index (χ1n) is 5.87. The van der Waals surface area contributed by atoms with E-state index in [1.165, 1.54) is 38.8 Å². The summed E-state index contributed by atoms with van der Waals surface area (Å²) in [5, 5.41) is 3.43. The SMILES string of the molecule is C=C.CCCC(C)(C)C1CCNCC1. The number of rotatable bonds is 3. The zero-order chi connectivity index (χ0) is 11.0. The Morgan fingerprint density at radius 2 is 1.71 bits per heavy atom. The molecule has 1 heteroatoms. The first-order valence-corrected chi connectivity index (χ1v) is 5.87. The van der Waals surface area contributed by atoms with E-state index in [2.05, 4.69) is 39.2 Å². The number of nitrogens with one attached hydrogen (secondary N) is 1. The van der Waals surface area contributed by atoms with Gasteiger partial charge in [0.25, 0.3) is 0 Å². The van der Waals surface area contributed by atoms with Gasteiger partial charge in [-0.3, -0.25) is 0 Å². The summed E-state index contributed by atoms with van der Waals surface area (Å²) in [7, 11) is 0. The van der Waals surface area contributed by atoms with Crippen molar-refractivity contribution in [1.29, 1.82) is 0 Å². The Kier molecular flexibility index (Phi) is 6.90. The van der Waals surface area contributed by atoms with Crippen molar-refractivity contribution in [3.63, 3.8) is 0 Å². The van der Waals surface area contributed by atoms with Crippen molar-refractivity contribution < 1.29 is 0 Å². The van der Waals surface area contributed by atoms with Crippen LogP contribution in [0.4, 0.5) is 0 Å². The van der Waals surface area contributed by atoms with E-state index in [0.717, 1.165) is 5.92 Å². The number of hydrogen-bond acceptors (Lipinski definition) is 1. The molecule has 14 heavy (non-hydrogen) atoms. The minimum atomic E-state index is 0.580. The van der Waals surface area contributed by atoms with E-state index in [1.807, 2.05) is 0 Å². The molecule has 1 fully saturated rings. The largest absolute Gasteiger partial charge is 0.317 e. The summed E-state index contributed by atoms with van der Waals surface area (Å²) in [6, 6.07) is 0. The third-order valence-corrected chi connectivity index (χ3v) is 3.34.